The van der Waals surface area contributed by atoms with E-state index >= 15 is 0 Å². The third-order valence-corrected chi connectivity index (χ3v) is 5.58. The number of fused-ring (bicyclic) bond motifs is 4. The minimum absolute atomic E-state index is 0.284. The van der Waals surface area contributed by atoms with Gasteiger partial charge in [-0.2, -0.15) is 5.10 Å². The van der Waals surface area contributed by atoms with Crippen molar-refractivity contribution in [1.29, 1.82) is 0 Å². The van der Waals surface area contributed by atoms with E-state index in [9.17, 15) is 5.11 Å². The average Bonchev–Trinajstić information content (AvgIpc) is 3.37. The molecule has 30 heavy (non-hydrogen) atoms. The molecule has 0 fully saturated rings. The first-order chi connectivity index (χ1) is 14.7. The zero-order valence-corrected chi connectivity index (χ0v) is 16.3. The van der Waals surface area contributed by atoms with Gasteiger partial charge in [-0.3, -0.25) is 4.98 Å². The molecule has 0 atom stereocenters. The van der Waals surface area contributed by atoms with Gasteiger partial charge in [0.15, 0.2) is 5.65 Å². The highest BCUT2D eigenvalue weighted by Gasteiger charge is 2.26. The maximum atomic E-state index is 9.91. The molecule has 7 nitrogen and oxygen atoms in total. The normalized spacial score (nSPS) is 12.7. The lowest BCUT2D eigenvalue weighted by Crippen LogP contribution is -2.12. The monoisotopic (exact) mass is 394 g/mol. The number of phenolic OH excluding ortho intramolecular Hbond substituents is 1. The van der Waals surface area contributed by atoms with Crippen LogP contribution >= 0.6 is 0 Å². The van der Waals surface area contributed by atoms with Crippen LogP contribution in [0.5, 0.6) is 5.75 Å². The summed E-state index contributed by atoms with van der Waals surface area (Å²) in [4.78, 5) is 14.0. The Labute approximate surface area is 172 Å². The summed E-state index contributed by atoms with van der Waals surface area (Å²) >= 11 is 0. The van der Waals surface area contributed by atoms with Crippen molar-refractivity contribution in [2.45, 2.75) is 19.9 Å². The third kappa shape index (κ3) is 2.52. The zero-order valence-electron chi connectivity index (χ0n) is 16.3. The van der Waals surface area contributed by atoms with Crippen LogP contribution in [0.25, 0.3) is 39.7 Å². The second-order valence-corrected chi connectivity index (χ2v) is 7.52. The fourth-order valence-electron chi connectivity index (χ4n) is 4.22. The SMILES string of the molecule is Cc1cccc(-c2nc3n(c2-c2ccc4ncnn4c2)CCc2cc(O)ccc2-3)n1. The molecule has 5 heterocycles. The summed E-state index contributed by atoms with van der Waals surface area (Å²) in [5.74, 6) is 1.18. The summed E-state index contributed by atoms with van der Waals surface area (Å²) < 4.78 is 4.02. The number of aromatic hydroxyl groups is 1. The summed E-state index contributed by atoms with van der Waals surface area (Å²) in [6.45, 7) is 2.76. The van der Waals surface area contributed by atoms with E-state index in [2.05, 4.69) is 20.7 Å². The number of hydrogen-bond acceptors (Lipinski definition) is 5. The van der Waals surface area contributed by atoms with Crippen molar-refractivity contribution in [2.75, 3.05) is 0 Å². The molecule has 146 valence electrons. The van der Waals surface area contributed by atoms with E-state index in [1.54, 1.807) is 16.9 Å². The quantitative estimate of drug-likeness (QED) is 0.491. The number of phenols is 1. The Morgan fingerprint density at radius 2 is 1.97 bits per heavy atom. The molecule has 1 aliphatic heterocycles. The van der Waals surface area contributed by atoms with Crippen molar-refractivity contribution >= 4 is 5.65 Å². The molecule has 0 saturated heterocycles. The van der Waals surface area contributed by atoms with Crippen LogP contribution in [0, 0.1) is 6.92 Å². The van der Waals surface area contributed by atoms with Crippen molar-refractivity contribution in [3.05, 3.63) is 72.3 Å². The fraction of sp³-hybridized carbons (Fsp3) is 0.130. The molecule has 0 unspecified atom stereocenters. The molecule has 4 aromatic heterocycles. The van der Waals surface area contributed by atoms with Gasteiger partial charge in [-0.15, -0.1) is 0 Å². The van der Waals surface area contributed by atoms with E-state index in [4.69, 9.17) is 9.97 Å². The van der Waals surface area contributed by atoms with Crippen molar-refractivity contribution in [2.24, 2.45) is 0 Å². The average molecular weight is 394 g/mol. The second kappa shape index (κ2) is 6.25. The van der Waals surface area contributed by atoms with Gasteiger partial charge in [-0.25, -0.2) is 14.5 Å². The Kier molecular flexibility index (Phi) is 3.52. The minimum Gasteiger partial charge on any atom is -0.508 e. The Bertz CT molecular complexity index is 1430. The van der Waals surface area contributed by atoms with Gasteiger partial charge in [0.25, 0.3) is 0 Å². The predicted octanol–water partition coefficient (Wildman–Crippen LogP) is 3.89. The van der Waals surface area contributed by atoms with Gasteiger partial charge in [0, 0.05) is 29.6 Å². The second-order valence-electron chi connectivity index (χ2n) is 7.52. The summed E-state index contributed by atoms with van der Waals surface area (Å²) in [6, 6.07) is 15.5. The van der Waals surface area contributed by atoms with E-state index in [1.165, 1.54) is 0 Å². The molecule has 5 aromatic rings. The van der Waals surface area contributed by atoms with Crippen LogP contribution in [0.3, 0.4) is 0 Å². The highest BCUT2D eigenvalue weighted by atomic mass is 16.3. The van der Waals surface area contributed by atoms with Gasteiger partial charge in [0.1, 0.15) is 23.6 Å². The largest absolute Gasteiger partial charge is 0.508 e. The third-order valence-electron chi connectivity index (χ3n) is 5.58. The van der Waals surface area contributed by atoms with Crippen LogP contribution in [-0.4, -0.2) is 34.2 Å². The van der Waals surface area contributed by atoms with Gasteiger partial charge >= 0.3 is 0 Å². The van der Waals surface area contributed by atoms with E-state index < -0.39 is 0 Å². The van der Waals surface area contributed by atoms with Crippen molar-refractivity contribution < 1.29 is 5.11 Å². The van der Waals surface area contributed by atoms with Gasteiger partial charge < -0.3 is 9.67 Å². The molecule has 6 rings (SSSR count). The van der Waals surface area contributed by atoms with Gasteiger partial charge in [0.05, 0.1) is 11.4 Å². The molecule has 0 amide bonds. The lowest BCUT2D eigenvalue weighted by molar-refractivity contribution is 0.474. The molecule has 1 N–H and O–H groups in total. The number of aryl methyl sites for hydroxylation is 2. The summed E-state index contributed by atoms with van der Waals surface area (Å²) in [6.07, 6.45) is 4.36. The van der Waals surface area contributed by atoms with E-state index in [0.717, 1.165) is 63.9 Å². The van der Waals surface area contributed by atoms with Crippen LogP contribution in [0.2, 0.25) is 0 Å². The van der Waals surface area contributed by atoms with Crippen molar-refractivity contribution in [1.82, 2.24) is 29.1 Å². The molecule has 7 heteroatoms. The Hall–Kier alpha value is -4.00. The predicted molar refractivity (Wildman–Crippen MR) is 113 cm³/mol. The maximum Gasteiger partial charge on any atom is 0.155 e. The van der Waals surface area contributed by atoms with Crippen molar-refractivity contribution in [3.63, 3.8) is 0 Å². The van der Waals surface area contributed by atoms with Gasteiger partial charge in [-0.1, -0.05) is 6.07 Å². The summed E-state index contributed by atoms with van der Waals surface area (Å²) in [5, 5.41) is 14.2. The number of benzene rings is 1. The van der Waals surface area contributed by atoms with E-state index in [0.29, 0.717) is 0 Å². The summed E-state index contributed by atoms with van der Waals surface area (Å²) in [5.41, 5.74) is 7.59. The number of pyridine rings is 2. The molecule has 1 aliphatic rings. The number of hydrogen-bond donors (Lipinski definition) is 1. The van der Waals surface area contributed by atoms with Crippen molar-refractivity contribution in [3.8, 4) is 39.8 Å². The molecule has 1 aromatic carbocycles. The van der Waals surface area contributed by atoms with Gasteiger partial charge in [-0.05, 0) is 61.4 Å². The highest BCUT2D eigenvalue weighted by molar-refractivity contribution is 5.82. The van der Waals surface area contributed by atoms with Crippen LogP contribution < -0.4 is 0 Å². The smallest absolute Gasteiger partial charge is 0.155 e. The molecule has 0 saturated carbocycles. The fourth-order valence-corrected chi connectivity index (χ4v) is 4.22. The Morgan fingerprint density at radius 1 is 1.03 bits per heavy atom. The molecule has 0 aliphatic carbocycles. The zero-order chi connectivity index (χ0) is 20.2. The highest BCUT2D eigenvalue weighted by Crippen LogP contribution is 2.39. The van der Waals surface area contributed by atoms with Crippen LogP contribution in [0.4, 0.5) is 0 Å². The molecule has 0 spiro atoms. The Balaban J connectivity index is 1.65. The number of nitrogens with zero attached hydrogens (tertiary/aromatic N) is 6. The lowest BCUT2D eigenvalue weighted by Gasteiger charge is -2.20. The van der Waals surface area contributed by atoms with Crippen LogP contribution in [-0.2, 0) is 13.0 Å². The molecular formula is C23H18N6O. The number of imidazole rings is 1. The number of aromatic nitrogens is 6. The lowest BCUT2D eigenvalue weighted by atomic mass is 10.00. The van der Waals surface area contributed by atoms with Crippen LogP contribution in [0.1, 0.15) is 11.3 Å². The van der Waals surface area contributed by atoms with E-state index in [-0.39, 0.29) is 5.75 Å². The topological polar surface area (TPSA) is 81.1 Å². The first-order valence-corrected chi connectivity index (χ1v) is 9.84. The molecule has 0 radical (unpaired) electrons. The first-order valence-electron chi connectivity index (χ1n) is 9.84. The molecule has 0 bridgehead atoms. The standard InChI is InChI=1S/C23H18N6O/c1-14-3-2-4-19(26-14)21-22(16-5-8-20-24-13-25-29(20)12-16)28-10-9-15-11-17(30)6-7-18(15)23(28)27-21/h2-8,11-13,30H,9-10H2,1H3. The minimum atomic E-state index is 0.284. The first kappa shape index (κ1) is 16.9. The molecular weight excluding hydrogens is 376 g/mol. The summed E-state index contributed by atoms with van der Waals surface area (Å²) in [7, 11) is 0. The van der Waals surface area contributed by atoms with E-state index in [1.807, 2.05) is 49.5 Å². The maximum absolute atomic E-state index is 9.91. The number of rotatable bonds is 2. The Morgan fingerprint density at radius 3 is 2.87 bits per heavy atom. The van der Waals surface area contributed by atoms with Crippen LogP contribution in [0.15, 0.2) is 61.1 Å². The van der Waals surface area contributed by atoms with Gasteiger partial charge in [0.2, 0.25) is 0 Å².